The summed E-state index contributed by atoms with van der Waals surface area (Å²) in [6.07, 6.45) is 0. The van der Waals surface area contributed by atoms with E-state index in [1.165, 1.54) is 21.5 Å². The zero-order valence-electron chi connectivity index (χ0n) is 22.0. The Hall–Kier alpha value is -5.54. The number of rotatable bonds is 2. The molecule has 0 fully saturated rings. The van der Waals surface area contributed by atoms with Crippen LogP contribution in [0.25, 0.3) is 82.0 Å². The highest BCUT2D eigenvalue weighted by Crippen LogP contribution is 2.37. The van der Waals surface area contributed by atoms with Crippen LogP contribution in [0.3, 0.4) is 0 Å². The highest BCUT2D eigenvalue weighted by atomic mass is 16.1. The lowest BCUT2D eigenvalue weighted by atomic mass is 9.93. The molecule has 7 aromatic carbocycles. The van der Waals surface area contributed by atoms with Gasteiger partial charge in [-0.2, -0.15) is 0 Å². The summed E-state index contributed by atoms with van der Waals surface area (Å²) in [6.45, 7) is 0. The zero-order valence-corrected chi connectivity index (χ0v) is 22.0. The Morgan fingerprint density at radius 3 is 1.90 bits per heavy atom. The number of nitrogens with zero attached hydrogens (tertiary/aromatic N) is 2. The van der Waals surface area contributed by atoms with Crippen molar-refractivity contribution in [3.05, 3.63) is 144 Å². The van der Waals surface area contributed by atoms with Gasteiger partial charge in [-0.15, -0.1) is 0 Å². The first kappa shape index (κ1) is 22.3. The van der Waals surface area contributed by atoms with Crippen molar-refractivity contribution < 1.29 is 0 Å². The summed E-state index contributed by atoms with van der Waals surface area (Å²) in [6, 6.07) is 46.4. The van der Waals surface area contributed by atoms with Crippen LogP contribution in [0.4, 0.5) is 0 Å². The molecule has 3 nitrogen and oxygen atoms in total. The van der Waals surface area contributed by atoms with E-state index in [-0.39, 0.29) is 5.56 Å². The monoisotopic (exact) mass is 522 g/mol. The lowest BCUT2D eigenvalue weighted by molar-refractivity contribution is 1.19. The van der Waals surface area contributed by atoms with Crippen molar-refractivity contribution >= 4 is 59.8 Å². The number of aromatic nitrogens is 2. The Balaban J connectivity index is 1.30. The third-order valence-electron chi connectivity index (χ3n) is 8.51. The van der Waals surface area contributed by atoms with Crippen molar-refractivity contribution in [2.75, 3.05) is 0 Å². The third kappa shape index (κ3) is 3.20. The van der Waals surface area contributed by atoms with E-state index in [2.05, 4.69) is 121 Å². The lowest BCUT2D eigenvalue weighted by Crippen LogP contribution is -2.13. The maximum Gasteiger partial charge on any atom is 0.264 e. The molecule has 9 aromatic rings. The maximum absolute atomic E-state index is 14.1. The van der Waals surface area contributed by atoms with E-state index in [1.54, 1.807) is 4.40 Å². The van der Waals surface area contributed by atoms with Gasteiger partial charge in [-0.05, 0) is 79.5 Å². The first-order chi connectivity index (χ1) is 20.2. The molecule has 41 heavy (non-hydrogen) atoms. The van der Waals surface area contributed by atoms with Crippen LogP contribution in [0.1, 0.15) is 0 Å². The molecule has 0 aliphatic carbocycles. The molecule has 0 aliphatic rings. The molecular formula is C38H22N2O. The minimum Gasteiger partial charge on any atom is -0.268 e. The molecule has 190 valence electrons. The van der Waals surface area contributed by atoms with Gasteiger partial charge < -0.3 is 0 Å². The number of fused-ring (bicyclic) bond motifs is 6. The van der Waals surface area contributed by atoms with Crippen molar-refractivity contribution in [2.24, 2.45) is 0 Å². The minimum atomic E-state index is -0.0353. The van der Waals surface area contributed by atoms with E-state index in [9.17, 15) is 4.79 Å². The van der Waals surface area contributed by atoms with E-state index >= 15 is 0 Å². The third-order valence-corrected chi connectivity index (χ3v) is 8.51. The van der Waals surface area contributed by atoms with Crippen LogP contribution < -0.4 is 5.56 Å². The molecule has 0 bridgehead atoms. The second-order valence-electron chi connectivity index (χ2n) is 10.8. The standard InChI is InChI=1S/C38H22N2O/c41-38-33-18-17-30(29-15-13-24-7-2-4-9-26(24)21-29)31-10-5-11-32(36(31)33)37-39-34-19-16-28(22-35(34)40(37)38)27-14-12-23-6-1-3-8-25(23)20-27/h1-22H. The van der Waals surface area contributed by atoms with Crippen molar-refractivity contribution in [3.63, 3.8) is 0 Å². The predicted molar refractivity (Wildman–Crippen MR) is 171 cm³/mol. The first-order valence-corrected chi connectivity index (χ1v) is 13.8. The van der Waals surface area contributed by atoms with Crippen molar-refractivity contribution in [1.29, 1.82) is 0 Å². The number of imidazole rings is 1. The summed E-state index contributed by atoms with van der Waals surface area (Å²) < 4.78 is 1.80. The van der Waals surface area contributed by atoms with Gasteiger partial charge in [-0.1, -0.05) is 103 Å². The van der Waals surface area contributed by atoms with Crippen LogP contribution in [0.5, 0.6) is 0 Å². The summed E-state index contributed by atoms with van der Waals surface area (Å²) in [4.78, 5) is 19.1. The maximum atomic E-state index is 14.1. The Morgan fingerprint density at radius 1 is 0.488 bits per heavy atom. The average molecular weight is 523 g/mol. The summed E-state index contributed by atoms with van der Waals surface area (Å²) in [5, 5.41) is 8.56. The molecule has 0 spiro atoms. The van der Waals surface area contributed by atoms with Gasteiger partial charge in [0.05, 0.1) is 11.0 Å². The van der Waals surface area contributed by atoms with Crippen LogP contribution in [0.15, 0.2) is 138 Å². The van der Waals surface area contributed by atoms with Crippen LogP contribution in [0, 0.1) is 0 Å². The number of hydrogen-bond acceptors (Lipinski definition) is 2. The van der Waals surface area contributed by atoms with Crippen molar-refractivity contribution in [2.45, 2.75) is 0 Å². The molecule has 0 radical (unpaired) electrons. The zero-order chi connectivity index (χ0) is 27.1. The summed E-state index contributed by atoms with van der Waals surface area (Å²) in [5.41, 5.74) is 6.75. The number of pyridine rings is 1. The minimum absolute atomic E-state index is 0.0353. The van der Waals surface area contributed by atoms with Gasteiger partial charge >= 0.3 is 0 Å². The fourth-order valence-electron chi connectivity index (χ4n) is 6.51. The molecule has 2 heterocycles. The molecule has 0 saturated carbocycles. The molecule has 0 aliphatic heterocycles. The van der Waals surface area contributed by atoms with Crippen molar-refractivity contribution in [3.8, 4) is 22.3 Å². The fourth-order valence-corrected chi connectivity index (χ4v) is 6.51. The number of benzene rings is 7. The van der Waals surface area contributed by atoms with E-state index in [0.717, 1.165) is 49.4 Å². The van der Waals surface area contributed by atoms with E-state index in [4.69, 9.17) is 4.98 Å². The van der Waals surface area contributed by atoms with Gasteiger partial charge in [0.2, 0.25) is 0 Å². The number of hydrogen-bond donors (Lipinski definition) is 0. The van der Waals surface area contributed by atoms with Gasteiger partial charge in [0.25, 0.3) is 5.56 Å². The fraction of sp³-hybridized carbons (Fsp3) is 0. The van der Waals surface area contributed by atoms with Gasteiger partial charge in [0, 0.05) is 16.2 Å². The first-order valence-electron chi connectivity index (χ1n) is 13.8. The average Bonchev–Trinajstić information content (AvgIpc) is 3.42. The second kappa shape index (κ2) is 8.23. The van der Waals surface area contributed by atoms with Crippen molar-refractivity contribution in [1.82, 2.24) is 9.38 Å². The Labute approximate surface area is 234 Å². The largest absolute Gasteiger partial charge is 0.268 e. The van der Waals surface area contributed by atoms with Gasteiger partial charge in [-0.3, -0.25) is 9.20 Å². The molecule has 9 rings (SSSR count). The van der Waals surface area contributed by atoms with Crippen LogP contribution in [-0.4, -0.2) is 9.38 Å². The normalized spacial score (nSPS) is 12.0. The Bertz CT molecular complexity index is 2560. The SMILES string of the molecule is O=c1c2ccc(-c3ccc4ccccc4c3)c3cccc(c32)c2nc3ccc(-c4ccc5ccccc5c4)cc3n12. The van der Waals surface area contributed by atoms with Crippen LogP contribution in [-0.2, 0) is 0 Å². The quantitative estimate of drug-likeness (QED) is 0.227. The second-order valence-corrected chi connectivity index (χ2v) is 10.8. The Kier molecular flexibility index (Phi) is 4.48. The Morgan fingerprint density at radius 2 is 1.12 bits per heavy atom. The molecule has 0 N–H and O–H groups in total. The highest BCUT2D eigenvalue weighted by molar-refractivity contribution is 6.19. The summed E-state index contributed by atoms with van der Waals surface area (Å²) in [5.74, 6) is 0. The smallest absolute Gasteiger partial charge is 0.264 e. The van der Waals surface area contributed by atoms with E-state index in [1.807, 2.05) is 12.1 Å². The molecule has 0 unspecified atom stereocenters. The van der Waals surface area contributed by atoms with Gasteiger partial charge in [0.1, 0.15) is 5.65 Å². The summed E-state index contributed by atoms with van der Waals surface area (Å²) >= 11 is 0. The van der Waals surface area contributed by atoms with E-state index in [0.29, 0.717) is 11.0 Å². The van der Waals surface area contributed by atoms with Crippen LogP contribution >= 0.6 is 0 Å². The molecule has 3 heteroatoms. The van der Waals surface area contributed by atoms with Gasteiger partial charge in [0.15, 0.2) is 0 Å². The van der Waals surface area contributed by atoms with Gasteiger partial charge in [-0.25, -0.2) is 4.98 Å². The molecule has 0 amide bonds. The lowest BCUT2D eigenvalue weighted by Gasteiger charge is -2.12. The predicted octanol–water partition coefficient (Wildman–Crippen LogP) is 9.23. The topological polar surface area (TPSA) is 34.4 Å². The van der Waals surface area contributed by atoms with E-state index < -0.39 is 0 Å². The summed E-state index contributed by atoms with van der Waals surface area (Å²) in [7, 11) is 0. The van der Waals surface area contributed by atoms with Crippen LogP contribution in [0.2, 0.25) is 0 Å². The molecule has 2 aromatic heterocycles. The molecule has 0 saturated heterocycles. The molecule has 0 atom stereocenters. The molecular weight excluding hydrogens is 500 g/mol. The highest BCUT2D eigenvalue weighted by Gasteiger charge is 2.18.